The van der Waals surface area contributed by atoms with Crippen molar-refractivity contribution in [2.75, 3.05) is 12.3 Å². The van der Waals surface area contributed by atoms with Gasteiger partial charge in [-0.15, -0.1) is 11.3 Å². The summed E-state index contributed by atoms with van der Waals surface area (Å²) in [6.07, 6.45) is 3.71. The Hall–Kier alpha value is -1.10. The van der Waals surface area contributed by atoms with Crippen LogP contribution in [0.1, 0.15) is 31.9 Å². The molecule has 0 bridgehead atoms. The minimum Gasteiger partial charge on any atom is -0.375 e. The van der Waals surface area contributed by atoms with Crippen LogP contribution >= 0.6 is 11.3 Å². The van der Waals surface area contributed by atoms with E-state index >= 15 is 0 Å². The van der Waals surface area contributed by atoms with Crippen molar-refractivity contribution < 1.29 is 4.79 Å². The van der Waals surface area contributed by atoms with Crippen LogP contribution in [0.15, 0.2) is 5.38 Å². The first-order chi connectivity index (χ1) is 7.70. The molecule has 2 N–H and O–H groups in total. The quantitative estimate of drug-likeness (QED) is 0.873. The normalized spacial score (nSPS) is 20.3. The van der Waals surface area contributed by atoms with Crippen LogP contribution in [-0.4, -0.2) is 28.4 Å². The first-order valence-corrected chi connectivity index (χ1v) is 6.58. The smallest absolute Gasteiger partial charge is 0.228 e. The van der Waals surface area contributed by atoms with Gasteiger partial charge < -0.3 is 10.6 Å². The molecule has 1 atom stereocenters. The molecule has 1 fully saturated rings. The van der Waals surface area contributed by atoms with Gasteiger partial charge in [-0.3, -0.25) is 4.79 Å². The van der Waals surface area contributed by atoms with Gasteiger partial charge in [-0.2, -0.15) is 0 Å². The highest BCUT2D eigenvalue weighted by atomic mass is 32.1. The number of nitrogens with two attached hydrogens (primary N) is 1. The summed E-state index contributed by atoms with van der Waals surface area (Å²) >= 11 is 1.39. The van der Waals surface area contributed by atoms with Crippen LogP contribution in [0.25, 0.3) is 0 Å². The molecule has 1 aromatic heterocycles. The number of rotatable bonds is 3. The third-order valence-corrected chi connectivity index (χ3v) is 3.79. The van der Waals surface area contributed by atoms with Crippen molar-refractivity contribution >= 4 is 22.4 Å². The maximum Gasteiger partial charge on any atom is 0.228 e. The molecule has 2 heterocycles. The van der Waals surface area contributed by atoms with Gasteiger partial charge in [-0.05, 0) is 19.3 Å². The number of thiazole rings is 1. The number of hydrogen-bond acceptors (Lipinski definition) is 4. The Bertz CT molecular complexity index is 377. The van der Waals surface area contributed by atoms with Crippen molar-refractivity contribution in [2.45, 2.75) is 38.6 Å². The Kier molecular flexibility index (Phi) is 3.43. The largest absolute Gasteiger partial charge is 0.375 e. The molecule has 0 saturated carbocycles. The molecule has 0 spiro atoms. The number of amides is 1. The van der Waals surface area contributed by atoms with E-state index in [-0.39, 0.29) is 5.91 Å². The van der Waals surface area contributed by atoms with Crippen LogP contribution < -0.4 is 5.73 Å². The molecule has 5 heteroatoms. The summed E-state index contributed by atoms with van der Waals surface area (Å²) in [7, 11) is 0. The Morgan fingerprint density at radius 2 is 2.56 bits per heavy atom. The summed E-state index contributed by atoms with van der Waals surface area (Å²) in [4.78, 5) is 18.2. The summed E-state index contributed by atoms with van der Waals surface area (Å²) in [5.41, 5.74) is 6.34. The van der Waals surface area contributed by atoms with Crippen LogP contribution in [-0.2, 0) is 11.2 Å². The average molecular weight is 239 g/mol. The maximum absolute atomic E-state index is 12.0. The summed E-state index contributed by atoms with van der Waals surface area (Å²) in [6, 6.07) is 0.434. The van der Waals surface area contributed by atoms with Gasteiger partial charge >= 0.3 is 0 Å². The van der Waals surface area contributed by atoms with Gasteiger partial charge in [0.2, 0.25) is 5.91 Å². The van der Waals surface area contributed by atoms with E-state index in [1.165, 1.54) is 11.3 Å². The zero-order chi connectivity index (χ0) is 11.5. The van der Waals surface area contributed by atoms with E-state index in [1.54, 1.807) is 0 Å². The predicted molar refractivity (Wildman–Crippen MR) is 65.3 cm³/mol. The number of anilines is 1. The number of carbonyl (C=O) groups is 1. The molecule has 1 saturated heterocycles. The van der Waals surface area contributed by atoms with E-state index in [0.29, 0.717) is 17.6 Å². The van der Waals surface area contributed by atoms with Crippen molar-refractivity contribution in [3.05, 3.63) is 11.1 Å². The summed E-state index contributed by atoms with van der Waals surface area (Å²) < 4.78 is 0. The molecule has 1 aliphatic heterocycles. The second-order valence-corrected chi connectivity index (χ2v) is 5.03. The highest BCUT2D eigenvalue weighted by Crippen LogP contribution is 2.21. The minimum absolute atomic E-state index is 0.189. The van der Waals surface area contributed by atoms with Crippen LogP contribution in [0.4, 0.5) is 5.13 Å². The number of aromatic nitrogens is 1. The van der Waals surface area contributed by atoms with Gasteiger partial charge in [0, 0.05) is 18.0 Å². The standard InChI is InChI=1S/C11H17N3OS/c1-2-9-4-3-5-14(9)10(15)6-8-7-16-11(12)13-8/h7,9H,2-6H2,1H3,(H2,12,13). The van der Waals surface area contributed by atoms with Gasteiger partial charge in [0.25, 0.3) is 0 Å². The van der Waals surface area contributed by atoms with Crippen molar-refractivity contribution in [3.63, 3.8) is 0 Å². The van der Waals surface area contributed by atoms with Crippen molar-refractivity contribution in [2.24, 2.45) is 0 Å². The summed E-state index contributed by atoms with van der Waals surface area (Å²) in [5, 5.41) is 2.40. The minimum atomic E-state index is 0.189. The molecule has 88 valence electrons. The van der Waals surface area contributed by atoms with Crippen LogP contribution in [0.2, 0.25) is 0 Å². The van der Waals surface area contributed by atoms with Crippen molar-refractivity contribution in [3.8, 4) is 0 Å². The first kappa shape index (κ1) is 11.4. The lowest BCUT2D eigenvalue weighted by Crippen LogP contribution is -2.36. The third-order valence-electron chi connectivity index (χ3n) is 3.07. The Morgan fingerprint density at radius 3 is 3.19 bits per heavy atom. The summed E-state index contributed by atoms with van der Waals surface area (Å²) in [5.74, 6) is 0.189. The van der Waals surface area contributed by atoms with E-state index in [2.05, 4.69) is 11.9 Å². The molecule has 0 radical (unpaired) electrons. The lowest BCUT2D eigenvalue weighted by Gasteiger charge is -2.23. The predicted octanol–water partition coefficient (Wildman–Crippen LogP) is 1.67. The SMILES string of the molecule is CCC1CCCN1C(=O)Cc1csc(N)n1. The van der Waals surface area contributed by atoms with Crippen molar-refractivity contribution in [1.29, 1.82) is 0 Å². The molecule has 4 nitrogen and oxygen atoms in total. The van der Waals surface area contributed by atoms with Crippen LogP contribution in [0, 0.1) is 0 Å². The number of nitrogens with zero attached hydrogens (tertiary/aromatic N) is 2. The van der Waals surface area contributed by atoms with Crippen LogP contribution in [0.3, 0.4) is 0 Å². The Balaban J connectivity index is 1.97. The van der Waals surface area contributed by atoms with Gasteiger partial charge in [-0.1, -0.05) is 6.92 Å². The fourth-order valence-electron chi connectivity index (χ4n) is 2.25. The first-order valence-electron chi connectivity index (χ1n) is 5.70. The third kappa shape index (κ3) is 2.35. The Labute approximate surface area is 99.5 Å². The summed E-state index contributed by atoms with van der Waals surface area (Å²) in [6.45, 7) is 3.04. The lowest BCUT2D eigenvalue weighted by molar-refractivity contribution is -0.131. The second-order valence-electron chi connectivity index (χ2n) is 4.15. The molecule has 1 aliphatic rings. The Morgan fingerprint density at radius 1 is 1.75 bits per heavy atom. The van der Waals surface area contributed by atoms with Crippen molar-refractivity contribution in [1.82, 2.24) is 9.88 Å². The average Bonchev–Trinajstić information content (AvgIpc) is 2.86. The molecule has 2 rings (SSSR count). The number of carbonyl (C=O) groups excluding carboxylic acids is 1. The monoisotopic (exact) mass is 239 g/mol. The molecule has 1 aromatic rings. The topological polar surface area (TPSA) is 59.2 Å². The van der Waals surface area contributed by atoms with E-state index in [1.807, 2.05) is 10.3 Å². The van der Waals surface area contributed by atoms with Gasteiger partial charge in [-0.25, -0.2) is 4.98 Å². The van der Waals surface area contributed by atoms with E-state index < -0.39 is 0 Å². The molecular weight excluding hydrogens is 222 g/mol. The molecule has 16 heavy (non-hydrogen) atoms. The second kappa shape index (κ2) is 4.82. The highest BCUT2D eigenvalue weighted by molar-refractivity contribution is 7.13. The molecule has 1 unspecified atom stereocenters. The van der Waals surface area contributed by atoms with Crippen LogP contribution in [0.5, 0.6) is 0 Å². The van der Waals surface area contributed by atoms with Gasteiger partial charge in [0.05, 0.1) is 12.1 Å². The molecule has 0 aromatic carbocycles. The molecule has 0 aliphatic carbocycles. The van der Waals surface area contributed by atoms with Gasteiger partial charge in [0.15, 0.2) is 5.13 Å². The lowest BCUT2D eigenvalue weighted by atomic mass is 10.1. The zero-order valence-electron chi connectivity index (χ0n) is 9.48. The van der Waals surface area contributed by atoms with E-state index in [0.717, 1.165) is 31.5 Å². The number of hydrogen-bond donors (Lipinski definition) is 1. The van der Waals surface area contributed by atoms with Gasteiger partial charge in [0.1, 0.15) is 0 Å². The fourth-order valence-corrected chi connectivity index (χ4v) is 2.81. The molecular formula is C11H17N3OS. The number of nitrogen functional groups attached to an aromatic ring is 1. The fraction of sp³-hybridized carbons (Fsp3) is 0.636. The number of likely N-dealkylation sites (tertiary alicyclic amines) is 1. The maximum atomic E-state index is 12.0. The van der Waals surface area contributed by atoms with E-state index in [9.17, 15) is 4.79 Å². The zero-order valence-corrected chi connectivity index (χ0v) is 10.3. The molecule has 1 amide bonds. The van der Waals surface area contributed by atoms with E-state index in [4.69, 9.17) is 5.73 Å². The highest BCUT2D eigenvalue weighted by Gasteiger charge is 2.27.